The summed E-state index contributed by atoms with van der Waals surface area (Å²) in [6, 6.07) is 9.25. The van der Waals surface area contributed by atoms with Crippen LogP contribution < -0.4 is 15.8 Å². The van der Waals surface area contributed by atoms with Crippen LogP contribution >= 0.6 is 7.60 Å². The van der Waals surface area contributed by atoms with Gasteiger partial charge in [-0.2, -0.15) is 0 Å². The SMILES string of the molecule is CC(C)OC(=O)[C@H](C)CP(=O)(OC[C@H]1O[C@@H](n2ccc(=O)[nH]c2=O)[C@](C)(N=[N+]=[N-])[C@@H]1O)Oc1ccccc1. The first kappa shape index (κ1) is 29.2. The molecule has 14 nitrogen and oxygen atoms in total. The summed E-state index contributed by atoms with van der Waals surface area (Å²) in [5, 5.41) is 14.7. The summed E-state index contributed by atoms with van der Waals surface area (Å²) >= 11 is 0. The van der Waals surface area contributed by atoms with Gasteiger partial charge < -0.3 is 19.1 Å². The Morgan fingerprint density at radius 2 is 1.97 bits per heavy atom. The van der Waals surface area contributed by atoms with E-state index in [0.717, 1.165) is 16.8 Å². The van der Waals surface area contributed by atoms with Crippen molar-refractivity contribution in [3.63, 3.8) is 0 Å². The van der Waals surface area contributed by atoms with Crippen molar-refractivity contribution in [3.05, 3.63) is 73.9 Å². The zero-order valence-corrected chi connectivity index (χ0v) is 22.2. The number of rotatable bonds is 11. The number of H-pyrrole nitrogens is 1. The van der Waals surface area contributed by atoms with E-state index in [-0.39, 0.29) is 18.0 Å². The number of nitrogens with zero attached hydrogens (tertiary/aromatic N) is 4. The molecule has 1 aliphatic heterocycles. The van der Waals surface area contributed by atoms with Gasteiger partial charge in [0.15, 0.2) is 6.23 Å². The molecule has 2 N–H and O–H groups in total. The molecule has 1 aromatic heterocycles. The van der Waals surface area contributed by atoms with Gasteiger partial charge in [0.05, 0.1) is 30.9 Å². The van der Waals surface area contributed by atoms with Crippen molar-refractivity contribution >= 4 is 13.6 Å². The second-order valence-corrected chi connectivity index (χ2v) is 11.3. The maximum absolute atomic E-state index is 13.8. The number of para-hydroxylation sites is 1. The lowest BCUT2D eigenvalue weighted by Gasteiger charge is -2.28. The minimum Gasteiger partial charge on any atom is -0.463 e. The van der Waals surface area contributed by atoms with E-state index in [1.807, 2.05) is 0 Å². The molecule has 2 heterocycles. The number of esters is 1. The minimum atomic E-state index is -4.05. The van der Waals surface area contributed by atoms with E-state index in [4.69, 9.17) is 24.1 Å². The van der Waals surface area contributed by atoms with Gasteiger partial charge in [0.25, 0.3) is 5.56 Å². The highest BCUT2D eigenvalue weighted by molar-refractivity contribution is 7.54. The Balaban J connectivity index is 1.87. The fraction of sp³-hybridized carbons (Fsp3) is 0.522. The van der Waals surface area contributed by atoms with Gasteiger partial charge in [0.1, 0.15) is 17.4 Å². The van der Waals surface area contributed by atoms with E-state index in [2.05, 4.69) is 15.0 Å². The van der Waals surface area contributed by atoms with Crippen LogP contribution in [0.5, 0.6) is 5.75 Å². The number of carbonyl (C=O) groups excluding carboxylic acids is 1. The lowest BCUT2D eigenvalue weighted by Crippen LogP contribution is -2.45. The van der Waals surface area contributed by atoms with Crippen molar-refractivity contribution in [3.8, 4) is 5.75 Å². The van der Waals surface area contributed by atoms with E-state index in [1.165, 1.54) is 13.8 Å². The summed E-state index contributed by atoms with van der Waals surface area (Å²) < 4.78 is 37.2. The summed E-state index contributed by atoms with van der Waals surface area (Å²) in [5.74, 6) is -1.22. The molecule has 0 radical (unpaired) electrons. The molecule has 15 heteroatoms. The molecule has 1 fully saturated rings. The third-order valence-electron chi connectivity index (χ3n) is 5.79. The maximum atomic E-state index is 13.8. The molecule has 0 spiro atoms. The zero-order chi connectivity index (χ0) is 28.1. The van der Waals surface area contributed by atoms with E-state index in [9.17, 15) is 24.1 Å². The largest absolute Gasteiger partial charge is 0.463 e. The third kappa shape index (κ3) is 6.72. The van der Waals surface area contributed by atoms with Gasteiger partial charge in [0, 0.05) is 17.2 Å². The first-order valence-corrected chi connectivity index (χ1v) is 13.5. The number of hydrogen-bond acceptors (Lipinski definition) is 10. The van der Waals surface area contributed by atoms with Crippen LogP contribution in [0.1, 0.15) is 33.9 Å². The molecule has 38 heavy (non-hydrogen) atoms. The Morgan fingerprint density at radius 1 is 1.29 bits per heavy atom. The summed E-state index contributed by atoms with van der Waals surface area (Å²) in [6.45, 7) is 5.75. The maximum Gasteiger partial charge on any atom is 0.380 e. The average Bonchev–Trinajstić information content (AvgIpc) is 3.08. The highest BCUT2D eigenvalue weighted by atomic mass is 31.2. The molecule has 6 atom stereocenters. The normalized spacial score (nSPS) is 25.3. The highest BCUT2D eigenvalue weighted by Gasteiger charge is 2.54. The van der Waals surface area contributed by atoms with Crippen LogP contribution in [0, 0.1) is 5.92 Å². The summed E-state index contributed by atoms with van der Waals surface area (Å²) in [6.07, 6.45) is -3.67. The predicted octanol–water partition coefficient (Wildman–Crippen LogP) is 2.74. The molecule has 0 aliphatic carbocycles. The Morgan fingerprint density at radius 3 is 2.58 bits per heavy atom. The van der Waals surface area contributed by atoms with Gasteiger partial charge in [0.2, 0.25) is 0 Å². The first-order valence-electron chi connectivity index (χ1n) is 11.8. The van der Waals surface area contributed by atoms with Gasteiger partial charge in [-0.25, -0.2) is 9.36 Å². The Bertz CT molecular complexity index is 1340. The molecule has 0 saturated carbocycles. The average molecular weight is 551 g/mol. The smallest absolute Gasteiger partial charge is 0.380 e. The highest BCUT2D eigenvalue weighted by Crippen LogP contribution is 2.51. The fourth-order valence-electron chi connectivity index (χ4n) is 3.90. The fourth-order valence-corrected chi connectivity index (χ4v) is 5.77. The molecular weight excluding hydrogens is 521 g/mol. The number of benzene rings is 1. The summed E-state index contributed by atoms with van der Waals surface area (Å²) in [5.41, 5.74) is 5.90. The lowest BCUT2D eigenvalue weighted by atomic mass is 9.93. The number of aliphatic hydroxyl groups is 1. The second-order valence-electron chi connectivity index (χ2n) is 9.28. The van der Waals surface area contributed by atoms with Crippen LogP contribution in [0.2, 0.25) is 0 Å². The summed E-state index contributed by atoms with van der Waals surface area (Å²) in [7, 11) is -4.05. The first-order chi connectivity index (χ1) is 17.9. The van der Waals surface area contributed by atoms with Crippen molar-refractivity contribution in [2.24, 2.45) is 11.0 Å². The number of nitrogens with one attached hydrogen (secondary N) is 1. The van der Waals surface area contributed by atoms with Crippen molar-refractivity contribution in [1.82, 2.24) is 9.55 Å². The monoisotopic (exact) mass is 551 g/mol. The van der Waals surface area contributed by atoms with E-state index in [0.29, 0.717) is 0 Å². The van der Waals surface area contributed by atoms with Gasteiger partial charge in [-0.1, -0.05) is 30.2 Å². The van der Waals surface area contributed by atoms with Crippen LogP contribution in [0.25, 0.3) is 10.4 Å². The van der Waals surface area contributed by atoms with Gasteiger partial charge in [-0.05, 0) is 38.4 Å². The predicted molar refractivity (Wildman–Crippen MR) is 135 cm³/mol. The Hall–Kier alpha value is -3.41. The Kier molecular flexibility index (Phi) is 9.18. The van der Waals surface area contributed by atoms with Gasteiger partial charge in [-0.15, -0.1) is 0 Å². The molecule has 1 aromatic carbocycles. The molecule has 0 amide bonds. The lowest BCUT2D eigenvalue weighted by molar-refractivity contribution is -0.151. The standard InChI is InChI=1S/C23H30N5O9P/c1-14(2)35-20(31)15(3)13-38(33,37-16-8-6-5-7-9-16)34-12-17-19(30)23(4,26-27-24)21(36-17)28-11-10-18(29)25-22(28)32/h5-11,14-15,17,19,21,30H,12-13H2,1-4H3,(H,25,29,32)/t15-,17-,19-,21-,23-,38?/m1/s1. The summed E-state index contributed by atoms with van der Waals surface area (Å²) in [4.78, 5) is 41.1. The topological polar surface area (TPSA) is 195 Å². The van der Waals surface area contributed by atoms with E-state index >= 15 is 0 Å². The molecule has 1 saturated heterocycles. The van der Waals surface area contributed by atoms with E-state index in [1.54, 1.807) is 44.2 Å². The number of aromatic nitrogens is 2. The van der Waals surface area contributed by atoms with Crippen LogP contribution in [-0.4, -0.2) is 57.2 Å². The molecular formula is C23H30N5O9P. The number of carbonyl (C=O) groups is 1. The number of ether oxygens (including phenoxy) is 2. The second kappa shape index (κ2) is 12.0. The number of azide groups is 1. The quantitative estimate of drug-likeness (QED) is 0.139. The minimum absolute atomic E-state index is 0.227. The number of aliphatic hydroxyl groups excluding tert-OH is 1. The van der Waals surface area contributed by atoms with Crippen molar-refractivity contribution in [2.75, 3.05) is 12.8 Å². The Labute approximate surface area is 217 Å². The molecule has 3 rings (SSSR count). The number of aromatic amines is 1. The number of hydrogen-bond donors (Lipinski definition) is 2. The van der Waals surface area contributed by atoms with Crippen molar-refractivity contribution in [1.29, 1.82) is 0 Å². The van der Waals surface area contributed by atoms with Crippen LogP contribution in [-0.2, 0) is 23.4 Å². The van der Waals surface area contributed by atoms with Crippen LogP contribution in [0.15, 0.2) is 57.3 Å². The molecule has 206 valence electrons. The van der Waals surface area contributed by atoms with Crippen LogP contribution in [0.4, 0.5) is 0 Å². The van der Waals surface area contributed by atoms with Crippen molar-refractivity contribution < 1.29 is 33.0 Å². The van der Waals surface area contributed by atoms with Crippen LogP contribution in [0.3, 0.4) is 0 Å². The van der Waals surface area contributed by atoms with E-state index < -0.39 is 61.3 Å². The molecule has 0 bridgehead atoms. The van der Waals surface area contributed by atoms with Gasteiger partial charge in [-0.3, -0.25) is 23.7 Å². The molecule has 1 aliphatic rings. The molecule has 1 unspecified atom stereocenters. The van der Waals surface area contributed by atoms with Crippen molar-refractivity contribution in [2.45, 2.75) is 57.8 Å². The third-order valence-corrected chi connectivity index (χ3v) is 7.82. The molecule has 2 aromatic rings. The zero-order valence-electron chi connectivity index (χ0n) is 21.3. The van der Waals surface area contributed by atoms with Gasteiger partial charge >= 0.3 is 19.3 Å².